The number of hydrogen-bond donors (Lipinski definition) is 2. The lowest BCUT2D eigenvalue weighted by atomic mass is 10.0. The van der Waals surface area contributed by atoms with Crippen LogP contribution in [0.25, 0.3) is 0 Å². The lowest BCUT2D eigenvalue weighted by Gasteiger charge is -2.26. The Morgan fingerprint density at radius 1 is 1.69 bits per heavy atom. The summed E-state index contributed by atoms with van der Waals surface area (Å²) < 4.78 is 10.8. The molecule has 0 aliphatic carbocycles. The predicted molar refractivity (Wildman–Crippen MR) is 59.2 cm³/mol. The van der Waals surface area contributed by atoms with Crippen LogP contribution in [0.3, 0.4) is 0 Å². The summed E-state index contributed by atoms with van der Waals surface area (Å²) in [6, 6.07) is -0.0174. The second kappa shape index (κ2) is 5.12. The molecule has 2 heterocycles. The van der Waals surface area contributed by atoms with Crippen molar-refractivity contribution in [3.8, 4) is 0 Å². The van der Waals surface area contributed by atoms with Crippen molar-refractivity contribution in [2.75, 3.05) is 33.4 Å². The first-order valence-corrected chi connectivity index (χ1v) is 5.90. The van der Waals surface area contributed by atoms with Crippen molar-refractivity contribution in [1.29, 1.82) is 0 Å². The first-order chi connectivity index (χ1) is 7.76. The van der Waals surface area contributed by atoms with E-state index in [0.717, 1.165) is 25.8 Å². The van der Waals surface area contributed by atoms with Crippen molar-refractivity contribution >= 4 is 5.91 Å². The van der Waals surface area contributed by atoms with E-state index >= 15 is 0 Å². The predicted octanol–water partition coefficient (Wildman–Crippen LogP) is -0.340. The Morgan fingerprint density at radius 3 is 3.12 bits per heavy atom. The summed E-state index contributed by atoms with van der Waals surface area (Å²) in [6.45, 7) is 2.77. The third kappa shape index (κ3) is 2.53. The van der Waals surface area contributed by atoms with Gasteiger partial charge in [-0.05, 0) is 19.4 Å². The van der Waals surface area contributed by atoms with Gasteiger partial charge in [0.2, 0.25) is 5.91 Å². The van der Waals surface area contributed by atoms with E-state index in [1.165, 1.54) is 0 Å². The molecule has 0 aromatic rings. The molecule has 5 nitrogen and oxygen atoms in total. The summed E-state index contributed by atoms with van der Waals surface area (Å²) >= 11 is 0. The number of amides is 1. The second-order valence-corrected chi connectivity index (χ2v) is 4.56. The molecule has 2 N–H and O–H groups in total. The molecular formula is C11H20N2O3. The third-order valence-corrected chi connectivity index (χ3v) is 3.46. The Bertz CT molecular complexity index is 246. The Labute approximate surface area is 95.9 Å². The van der Waals surface area contributed by atoms with Crippen molar-refractivity contribution in [3.05, 3.63) is 0 Å². The average molecular weight is 228 g/mol. The zero-order valence-corrected chi connectivity index (χ0v) is 9.75. The minimum absolute atomic E-state index is 0.0174. The van der Waals surface area contributed by atoms with Gasteiger partial charge < -0.3 is 20.1 Å². The Hall–Kier alpha value is -0.650. The summed E-state index contributed by atoms with van der Waals surface area (Å²) in [6.07, 6.45) is 2.86. The van der Waals surface area contributed by atoms with Crippen LogP contribution in [0.4, 0.5) is 0 Å². The quantitative estimate of drug-likeness (QED) is 0.691. The van der Waals surface area contributed by atoms with Crippen LogP contribution in [0.5, 0.6) is 0 Å². The number of nitrogens with one attached hydrogen (secondary N) is 2. The van der Waals surface area contributed by atoms with Crippen LogP contribution >= 0.6 is 0 Å². The van der Waals surface area contributed by atoms with Gasteiger partial charge in [-0.3, -0.25) is 4.79 Å². The maximum Gasteiger partial charge on any atom is 0.237 e. The van der Waals surface area contributed by atoms with Crippen LogP contribution in [-0.2, 0) is 14.3 Å². The number of carbonyl (C=O) groups is 1. The topological polar surface area (TPSA) is 59.6 Å². The largest absolute Gasteiger partial charge is 0.378 e. The second-order valence-electron chi connectivity index (χ2n) is 4.56. The molecule has 2 aliphatic rings. The molecule has 92 valence electrons. The summed E-state index contributed by atoms with van der Waals surface area (Å²) in [5.74, 6) is 0.0841. The number of carbonyl (C=O) groups excluding carboxylic acids is 1. The number of ether oxygens (including phenoxy) is 2. The van der Waals surface area contributed by atoms with Gasteiger partial charge in [0.1, 0.15) is 5.60 Å². The molecule has 0 aromatic heterocycles. The van der Waals surface area contributed by atoms with Crippen LogP contribution in [-0.4, -0.2) is 51.0 Å². The zero-order valence-electron chi connectivity index (χ0n) is 9.75. The Kier molecular flexibility index (Phi) is 3.78. The van der Waals surface area contributed by atoms with Crippen molar-refractivity contribution in [1.82, 2.24) is 10.6 Å². The van der Waals surface area contributed by atoms with E-state index in [4.69, 9.17) is 9.47 Å². The molecule has 2 atom stereocenters. The fraction of sp³-hybridized carbons (Fsp3) is 0.909. The van der Waals surface area contributed by atoms with E-state index in [9.17, 15) is 4.79 Å². The molecule has 0 aromatic carbocycles. The van der Waals surface area contributed by atoms with E-state index in [0.29, 0.717) is 19.8 Å². The molecule has 0 spiro atoms. The summed E-state index contributed by atoms with van der Waals surface area (Å²) in [7, 11) is 1.68. The lowest BCUT2D eigenvalue weighted by Crippen LogP contribution is -2.49. The zero-order chi connectivity index (χ0) is 11.4. The van der Waals surface area contributed by atoms with Crippen LogP contribution in [0.15, 0.2) is 0 Å². The fourth-order valence-electron chi connectivity index (χ4n) is 2.24. The highest BCUT2D eigenvalue weighted by Crippen LogP contribution is 2.21. The van der Waals surface area contributed by atoms with E-state index in [-0.39, 0.29) is 17.6 Å². The molecule has 0 saturated carbocycles. The molecule has 2 saturated heterocycles. The molecule has 2 rings (SSSR count). The van der Waals surface area contributed by atoms with Crippen molar-refractivity contribution in [3.63, 3.8) is 0 Å². The summed E-state index contributed by atoms with van der Waals surface area (Å²) in [5.41, 5.74) is -0.311. The van der Waals surface area contributed by atoms with Crippen LogP contribution in [0.2, 0.25) is 0 Å². The van der Waals surface area contributed by atoms with Crippen molar-refractivity contribution in [2.24, 2.45) is 0 Å². The molecule has 1 amide bonds. The third-order valence-electron chi connectivity index (χ3n) is 3.46. The van der Waals surface area contributed by atoms with Gasteiger partial charge >= 0.3 is 0 Å². The van der Waals surface area contributed by atoms with E-state index in [2.05, 4.69) is 10.6 Å². The highest BCUT2D eigenvalue weighted by Gasteiger charge is 2.36. The Balaban J connectivity index is 1.79. The van der Waals surface area contributed by atoms with Gasteiger partial charge in [0.05, 0.1) is 12.6 Å². The maximum absolute atomic E-state index is 11.8. The molecule has 2 aliphatic heterocycles. The smallest absolute Gasteiger partial charge is 0.237 e. The first-order valence-electron chi connectivity index (χ1n) is 5.90. The van der Waals surface area contributed by atoms with E-state index in [1.807, 2.05) is 0 Å². The van der Waals surface area contributed by atoms with Crippen LogP contribution in [0, 0.1) is 0 Å². The minimum atomic E-state index is -0.311. The van der Waals surface area contributed by atoms with Gasteiger partial charge in [-0.1, -0.05) is 0 Å². The normalized spacial score (nSPS) is 34.2. The highest BCUT2D eigenvalue weighted by molar-refractivity contribution is 5.82. The Morgan fingerprint density at radius 2 is 2.56 bits per heavy atom. The molecule has 2 fully saturated rings. The van der Waals surface area contributed by atoms with E-state index < -0.39 is 0 Å². The first kappa shape index (κ1) is 11.8. The van der Waals surface area contributed by atoms with Crippen molar-refractivity contribution < 1.29 is 14.3 Å². The van der Waals surface area contributed by atoms with Gasteiger partial charge in [0.25, 0.3) is 0 Å². The average Bonchev–Trinajstić information content (AvgIpc) is 2.98. The minimum Gasteiger partial charge on any atom is -0.378 e. The lowest BCUT2D eigenvalue weighted by molar-refractivity contribution is -0.124. The molecule has 0 bridgehead atoms. The number of methoxy groups -OCH3 is 1. The van der Waals surface area contributed by atoms with Gasteiger partial charge in [0.15, 0.2) is 0 Å². The number of rotatable bonds is 4. The van der Waals surface area contributed by atoms with Gasteiger partial charge in [-0.2, -0.15) is 0 Å². The summed E-state index contributed by atoms with van der Waals surface area (Å²) in [5, 5.41) is 6.13. The molecular weight excluding hydrogens is 208 g/mol. The maximum atomic E-state index is 11.8. The van der Waals surface area contributed by atoms with Gasteiger partial charge in [-0.15, -0.1) is 0 Å². The number of hydrogen-bond acceptors (Lipinski definition) is 4. The molecule has 0 radical (unpaired) electrons. The molecule has 1 unspecified atom stereocenters. The SMILES string of the molecule is COC1(CNC(=O)[C@H]2CCCN2)CCOC1. The van der Waals surface area contributed by atoms with Gasteiger partial charge in [-0.25, -0.2) is 0 Å². The highest BCUT2D eigenvalue weighted by atomic mass is 16.5. The van der Waals surface area contributed by atoms with E-state index in [1.54, 1.807) is 7.11 Å². The fourth-order valence-corrected chi connectivity index (χ4v) is 2.24. The van der Waals surface area contributed by atoms with Gasteiger partial charge in [0, 0.05) is 26.7 Å². The molecule has 16 heavy (non-hydrogen) atoms. The van der Waals surface area contributed by atoms with Crippen LogP contribution < -0.4 is 10.6 Å². The monoisotopic (exact) mass is 228 g/mol. The van der Waals surface area contributed by atoms with Crippen LogP contribution in [0.1, 0.15) is 19.3 Å². The standard InChI is InChI=1S/C11H20N2O3/c1-15-11(4-6-16-8-11)7-13-10(14)9-3-2-5-12-9/h9,12H,2-8H2,1H3,(H,13,14)/t9-,11?/m1/s1. The molecule has 5 heteroatoms. The summed E-state index contributed by atoms with van der Waals surface area (Å²) in [4.78, 5) is 11.8. The van der Waals surface area contributed by atoms with Crippen molar-refractivity contribution in [2.45, 2.75) is 30.9 Å².